The SMILES string of the molecule is CC(C)(CC(O)(C(=O)Nc1ccc2c(c1)COC2=O)C(F)(F)F)c1cc(F)ccc1OCc1ccccc1. The smallest absolute Gasteiger partial charge is 0.426 e. The first-order valence-electron chi connectivity index (χ1n) is 11.7. The van der Waals surface area contributed by atoms with E-state index in [4.69, 9.17) is 9.47 Å². The average molecular weight is 532 g/mol. The van der Waals surface area contributed by atoms with Gasteiger partial charge in [-0.2, -0.15) is 13.2 Å². The standard InChI is InChI=1S/C28H25F4NO5/c1-26(2,22-13-19(29)8-11-23(22)37-14-17-6-4-3-5-7-17)16-27(36,28(30,31)32)25(35)33-20-9-10-21-18(12-20)15-38-24(21)34/h3-13,36H,14-16H2,1-2H3,(H,33,35). The topological polar surface area (TPSA) is 84.9 Å². The Morgan fingerprint density at radius 1 is 1.05 bits per heavy atom. The van der Waals surface area contributed by atoms with Crippen molar-refractivity contribution in [2.75, 3.05) is 5.32 Å². The van der Waals surface area contributed by atoms with Gasteiger partial charge in [-0.1, -0.05) is 44.2 Å². The summed E-state index contributed by atoms with van der Waals surface area (Å²) < 4.78 is 67.6. The highest BCUT2D eigenvalue weighted by Gasteiger charge is 2.61. The summed E-state index contributed by atoms with van der Waals surface area (Å²) in [7, 11) is 0. The number of hydrogen-bond acceptors (Lipinski definition) is 5. The maximum atomic E-state index is 14.2. The maximum absolute atomic E-state index is 14.2. The van der Waals surface area contributed by atoms with Crippen molar-refractivity contribution in [2.45, 2.75) is 50.7 Å². The summed E-state index contributed by atoms with van der Waals surface area (Å²) in [5.74, 6) is -2.89. The van der Waals surface area contributed by atoms with E-state index >= 15 is 0 Å². The van der Waals surface area contributed by atoms with Crippen molar-refractivity contribution in [1.82, 2.24) is 0 Å². The number of esters is 1. The highest BCUT2D eigenvalue weighted by Crippen LogP contribution is 2.44. The van der Waals surface area contributed by atoms with Crippen LogP contribution in [0.2, 0.25) is 0 Å². The average Bonchev–Trinajstić information content (AvgIpc) is 3.22. The van der Waals surface area contributed by atoms with E-state index in [2.05, 4.69) is 5.32 Å². The van der Waals surface area contributed by atoms with Gasteiger partial charge in [0.1, 0.15) is 24.8 Å². The summed E-state index contributed by atoms with van der Waals surface area (Å²) in [6.45, 7) is 2.71. The predicted molar refractivity (Wildman–Crippen MR) is 130 cm³/mol. The Hall–Kier alpha value is -3.92. The summed E-state index contributed by atoms with van der Waals surface area (Å²) in [5.41, 5.74) is -4.00. The fourth-order valence-electron chi connectivity index (χ4n) is 4.38. The number of amides is 1. The predicted octanol–water partition coefficient (Wildman–Crippen LogP) is 5.67. The largest absolute Gasteiger partial charge is 0.489 e. The number of aliphatic hydroxyl groups is 1. The minimum Gasteiger partial charge on any atom is -0.489 e. The number of fused-ring (bicyclic) bond motifs is 1. The minimum absolute atomic E-state index is 0.0508. The molecule has 1 heterocycles. The molecule has 1 atom stereocenters. The zero-order valence-corrected chi connectivity index (χ0v) is 20.6. The number of halogens is 4. The normalized spacial score (nSPS) is 14.9. The molecule has 1 amide bonds. The van der Waals surface area contributed by atoms with Gasteiger partial charge in [0.15, 0.2) is 0 Å². The van der Waals surface area contributed by atoms with E-state index in [1.807, 2.05) is 6.07 Å². The number of benzene rings is 3. The lowest BCUT2D eigenvalue weighted by atomic mass is 9.74. The van der Waals surface area contributed by atoms with Gasteiger partial charge in [-0.3, -0.25) is 4.79 Å². The van der Waals surface area contributed by atoms with Crippen molar-refractivity contribution >= 4 is 17.6 Å². The molecule has 0 bridgehead atoms. The van der Waals surface area contributed by atoms with E-state index in [1.165, 1.54) is 38.1 Å². The number of hydrogen-bond donors (Lipinski definition) is 2. The summed E-state index contributed by atoms with van der Waals surface area (Å²) in [4.78, 5) is 24.6. The minimum atomic E-state index is -5.37. The second-order valence-electron chi connectivity index (χ2n) is 9.74. The quantitative estimate of drug-likeness (QED) is 0.289. The number of carbonyl (C=O) groups excluding carboxylic acids is 2. The first-order valence-corrected chi connectivity index (χ1v) is 11.7. The lowest BCUT2D eigenvalue weighted by molar-refractivity contribution is -0.254. The number of anilines is 1. The fraction of sp³-hybridized carbons (Fsp3) is 0.286. The third-order valence-corrected chi connectivity index (χ3v) is 6.39. The van der Waals surface area contributed by atoms with Crippen LogP contribution < -0.4 is 10.1 Å². The summed E-state index contributed by atoms with van der Waals surface area (Å²) in [6.07, 6.45) is -6.50. The zero-order valence-electron chi connectivity index (χ0n) is 20.6. The van der Waals surface area contributed by atoms with Gasteiger partial charge in [0.2, 0.25) is 5.60 Å². The van der Waals surface area contributed by atoms with Crippen molar-refractivity contribution in [3.63, 3.8) is 0 Å². The Labute approximate surface area is 216 Å². The van der Waals surface area contributed by atoms with E-state index in [0.29, 0.717) is 5.56 Å². The Bertz CT molecular complexity index is 1360. The molecule has 6 nitrogen and oxygen atoms in total. The van der Waals surface area contributed by atoms with Crippen LogP contribution >= 0.6 is 0 Å². The van der Waals surface area contributed by atoms with E-state index in [9.17, 15) is 32.3 Å². The second kappa shape index (κ2) is 10.1. The Kier molecular flexibility index (Phi) is 7.20. The van der Waals surface area contributed by atoms with Gasteiger partial charge in [0.25, 0.3) is 5.91 Å². The first kappa shape index (κ1) is 27.1. The maximum Gasteiger partial charge on any atom is 0.426 e. The molecule has 1 aliphatic rings. The monoisotopic (exact) mass is 531 g/mol. The van der Waals surface area contributed by atoms with Crippen LogP contribution in [0, 0.1) is 5.82 Å². The number of cyclic esters (lactones) is 1. The highest BCUT2D eigenvalue weighted by atomic mass is 19.4. The number of carbonyl (C=O) groups is 2. The molecule has 1 aliphatic heterocycles. The molecule has 200 valence electrons. The van der Waals surface area contributed by atoms with Crippen molar-refractivity contribution in [3.8, 4) is 5.75 Å². The molecule has 10 heteroatoms. The lowest BCUT2D eigenvalue weighted by Gasteiger charge is -2.37. The molecule has 4 rings (SSSR count). The Balaban J connectivity index is 1.61. The molecule has 3 aromatic carbocycles. The van der Waals surface area contributed by atoms with Crippen LogP contribution in [0.15, 0.2) is 66.7 Å². The van der Waals surface area contributed by atoms with Crippen molar-refractivity contribution in [3.05, 3.63) is 94.8 Å². The molecule has 2 N–H and O–H groups in total. The molecule has 0 saturated heterocycles. The lowest BCUT2D eigenvalue weighted by Crippen LogP contribution is -2.57. The highest BCUT2D eigenvalue weighted by molar-refractivity contribution is 5.99. The van der Waals surface area contributed by atoms with Gasteiger partial charge in [-0.15, -0.1) is 0 Å². The van der Waals surface area contributed by atoms with Crippen molar-refractivity contribution < 1.29 is 41.7 Å². The van der Waals surface area contributed by atoms with E-state index < -0.39 is 41.3 Å². The fourth-order valence-corrected chi connectivity index (χ4v) is 4.38. The van der Waals surface area contributed by atoms with Crippen LogP contribution in [0.5, 0.6) is 5.75 Å². The molecule has 0 saturated carbocycles. The third kappa shape index (κ3) is 5.50. The van der Waals surface area contributed by atoms with Gasteiger partial charge < -0.3 is 19.9 Å². The number of nitrogens with one attached hydrogen (secondary N) is 1. The van der Waals surface area contributed by atoms with Crippen molar-refractivity contribution in [1.29, 1.82) is 0 Å². The van der Waals surface area contributed by atoms with Crippen molar-refractivity contribution in [2.24, 2.45) is 0 Å². The number of ether oxygens (including phenoxy) is 2. The van der Waals surface area contributed by atoms with Gasteiger partial charge in [0.05, 0.1) is 5.56 Å². The summed E-state index contributed by atoms with van der Waals surface area (Å²) in [5, 5.41) is 12.9. The van der Waals surface area contributed by atoms with Crippen LogP contribution in [-0.2, 0) is 28.2 Å². The summed E-state index contributed by atoms with van der Waals surface area (Å²) >= 11 is 0. The molecule has 0 spiro atoms. The van der Waals surface area contributed by atoms with E-state index in [1.54, 1.807) is 24.3 Å². The van der Waals surface area contributed by atoms with E-state index in [0.717, 1.165) is 17.7 Å². The van der Waals surface area contributed by atoms with Crippen LogP contribution in [0.3, 0.4) is 0 Å². The molecule has 38 heavy (non-hydrogen) atoms. The van der Waals surface area contributed by atoms with Crippen LogP contribution in [0.4, 0.5) is 23.2 Å². The van der Waals surface area contributed by atoms with Gasteiger partial charge in [0, 0.05) is 23.2 Å². The summed E-state index contributed by atoms with van der Waals surface area (Å²) in [6, 6.07) is 16.3. The number of alkyl halides is 3. The molecule has 0 aliphatic carbocycles. The molecule has 0 aromatic heterocycles. The molecule has 0 radical (unpaired) electrons. The van der Waals surface area contributed by atoms with Gasteiger partial charge in [-0.25, -0.2) is 9.18 Å². The van der Waals surface area contributed by atoms with Gasteiger partial charge >= 0.3 is 12.1 Å². The third-order valence-electron chi connectivity index (χ3n) is 6.39. The first-order chi connectivity index (χ1) is 17.8. The molecule has 0 fully saturated rings. The van der Waals surface area contributed by atoms with E-state index in [-0.39, 0.29) is 35.8 Å². The van der Waals surface area contributed by atoms with Crippen LogP contribution in [-0.4, -0.2) is 28.8 Å². The Morgan fingerprint density at radius 3 is 2.45 bits per heavy atom. The molecular formula is C28H25F4NO5. The second-order valence-corrected chi connectivity index (χ2v) is 9.74. The molecule has 1 unspecified atom stereocenters. The Morgan fingerprint density at radius 2 is 1.76 bits per heavy atom. The zero-order chi connectivity index (χ0) is 27.7. The molecular weight excluding hydrogens is 506 g/mol. The molecule has 3 aromatic rings. The van der Waals surface area contributed by atoms with Crippen LogP contribution in [0.1, 0.15) is 47.3 Å². The number of rotatable bonds is 8. The van der Waals surface area contributed by atoms with Gasteiger partial charge in [-0.05, 0) is 47.4 Å². The van der Waals surface area contributed by atoms with Crippen LogP contribution in [0.25, 0.3) is 0 Å².